The van der Waals surface area contributed by atoms with Crippen molar-refractivity contribution in [3.63, 3.8) is 0 Å². The predicted molar refractivity (Wildman–Crippen MR) is 81.6 cm³/mol. The van der Waals surface area contributed by atoms with Crippen LogP contribution < -0.4 is 10.2 Å². The number of carboxylic acids is 2. The average Bonchev–Trinajstić information content (AvgIpc) is 2.45. The topological polar surface area (TPSA) is 80.3 Å². The van der Waals surface area contributed by atoms with Crippen LogP contribution in [0.4, 0.5) is 0 Å². The van der Waals surface area contributed by atoms with E-state index in [0.717, 1.165) is 0 Å². The fraction of sp³-hybridized carbons (Fsp3) is 0. The molecule has 2 aromatic carbocycles. The zero-order valence-electron chi connectivity index (χ0n) is 10.9. The van der Waals surface area contributed by atoms with E-state index in [1.807, 2.05) is 0 Å². The second-order valence-electron chi connectivity index (χ2n) is 3.78. The minimum Gasteiger partial charge on any atom is -0.545 e. The molecule has 0 spiro atoms. The molecule has 0 aromatic heterocycles. The van der Waals surface area contributed by atoms with Crippen molar-refractivity contribution in [3.8, 4) is 0 Å². The van der Waals surface area contributed by atoms with Gasteiger partial charge in [-0.25, -0.2) is 0 Å². The summed E-state index contributed by atoms with van der Waals surface area (Å²) < 4.78 is 0. The summed E-state index contributed by atoms with van der Waals surface area (Å²) >= 11 is 22.1. The largest absolute Gasteiger partial charge is 2.00 e. The maximum absolute atomic E-state index is 10.3. The van der Waals surface area contributed by atoms with E-state index in [1.165, 1.54) is 36.4 Å². The minimum atomic E-state index is -1.32. The van der Waals surface area contributed by atoms with Crippen LogP contribution in [0.25, 0.3) is 0 Å². The first kappa shape index (κ1) is 22.1. The van der Waals surface area contributed by atoms with Crippen molar-refractivity contribution >= 4 is 58.3 Å². The Morgan fingerprint density at radius 3 is 1.22 bits per heavy atom. The van der Waals surface area contributed by atoms with Gasteiger partial charge in [-0.15, -0.1) is 0 Å². The number of benzene rings is 2. The molecule has 0 fully saturated rings. The summed E-state index contributed by atoms with van der Waals surface area (Å²) in [6, 6.07) is 8.69. The predicted octanol–water partition coefficient (Wildman–Crippen LogP) is 2.71. The molecule has 2 aromatic rings. The average molecular weight is 444 g/mol. The van der Waals surface area contributed by atoms with Gasteiger partial charge in [0, 0.05) is 11.1 Å². The van der Waals surface area contributed by atoms with Crippen LogP contribution in [0.5, 0.6) is 0 Å². The Labute approximate surface area is 162 Å². The van der Waals surface area contributed by atoms with E-state index in [-0.39, 0.29) is 48.3 Å². The van der Waals surface area contributed by atoms with Gasteiger partial charge in [-0.3, -0.25) is 0 Å². The van der Waals surface area contributed by atoms with Gasteiger partial charge < -0.3 is 19.8 Å². The van der Waals surface area contributed by atoms with Gasteiger partial charge in [0.25, 0.3) is 0 Å². The molecule has 0 aliphatic carbocycles. The fourth-order valence-electron chi connectivity index (χ4n) is 1.32. The Balaban J connectivity index is 0.000000403. The van der Waals surface area contributed by atoms with Crippen LogP contribution in [0.15, 0.2) is 36.4 Å². The van der Waals surface area contributed by atoms with Crippen molar-refractivity contribution in [1.82, 2.24) is 0 Å². The summed E-state index contributed by atoms with van der Waals surface area (Å²) in [7, 11) is 0. The van der Waals surface area contributed by atoms with E-state index in [4.69, 9.17) is 46.4 Å². The van der Waals surface area contributed by atoms with Gasteiger partial charge in [-0.05, 0) is 12.1 Å². The molecule has 0 unspecified atom stereocenters. The third kappa shape index (κ3) is 6.22. The molecule has 0 N–H and O–H groups in total. The second kappa shape index (κ2) is 10.0. The number of carbonyl (C=O) groups excluding carboxylic acids is 2. The van der Waals surface area contributed by atoms with Gasteiger partial charge in [-0.1, -0.05) is 70.7 Å². The Morgan fingerprint density at radius 2 is 1.00 bits per heavy atom. The van der Waals surface area contributed by atoms with Gasteiger partial charge in [0.15, 0.2) is 0 Å². The Hall–Kier alpha value is -0.941. The Bertz CT molecular complexity index is 660. The number of aromatic carboxylic acids is 2. The molecule has 125 valence electrons. The standard InChI is InChI=1S/2C7H4Cl2O2.Cu/c2*8-5-3-1-2-4(6(5)9)7(10)11;/h2*1-3H,(H,10,11);/q;;+2/p-2. The Morgan fingerprint density at radius 1 is 0.696 bits per heavy atom. The van der Waals surface area contributed by atoms with E-state index < -0.39 is 11.9 Å². The molecule has 0 bridgehead atoms. The van der Waals surface area contributed by atoms with Gasteiger partial charge in [0.1, 0.15) is 0 Å². The zero-order valence-corrected chi connectivity index (χ0v) is 14.9. The van der Waals surface area contributed by atoms with Crippen LogP contribution in [0.3, 0.4) is 0 Å². The number of hydrogen-bond acceptors (Lipinski definition) is 4. The monoisotopic (exact) mass is 441 g/mol. The summed E-state index contributed by atoms with van der Waals surface area (Å²) in [6.45, 7) is 0. The van der Waals surface area contributed by atoms with Gasteiger partial charge in [0.05, 0.1) is 32.0 Å². The molecule has 2 rings (SSSR count). The summed E-state index contributed by atoms with van der Waals surface area (Å²) in [5.41, 5.74) is -0.168. The fourth-order valence-corrected chi connectivity index (χ4v) is 2.08. The van der Waals surface area contributed by atoms with Crippen molar-refractivity contribution in [2.45, 2.75) is 0 Å². The first-order valence-corrected chi connectivity index (χ1v) is 7.07. The molecule has 0 heterocycles. The van der Waals surface area contributed by atoms with E-state index >= 15 is 0 Å². The van der Waals surface area contributed by atoms with Crippen LogP contribution >= 0.6 is 46.4 Å². The maximum Gasteiger partial charge on any atom is 2.00 e. The minimum absolute atomic E-state index is 0. The van der Waals surface area contributed by atoms with Gasteiger partial charge in [0.2, 0.25) is 0 Å². The molecular weight excluding hydrogens is 438 g/mol. The normalized spacial score (nSPS) is 9.22. The van der Waals surface area contributed by atoms with Crippen LogP contribution in [0, 0.1) is 0 Å². The van der Waals surface area contributed by atoms with E-state index in [1.54, 1.807) is 0 Å². The molecule has 0 saturated carbocycles. The first-order chi connectivity index (χ1) is 10.3. The summed E-state index contributed by atoms with van der Waals surface area (Å²) in [6.07, 6.45) is 0. The van der Waals surface area contributed by atoms with Crippen molar-refractivity contribution < 1.29 is 36.9 Å². The quantitative estimate of drug-likeness (QED) is 0.669. The van der Waals surface area contributed by atoms with Crippen LogP contribution in [-0.4, -0.2) is 11.9 Å². The molecule has 1 radical (unpaired) electrons. The molecule has 4 nitrogen and oxygen atoms in total. The van der Waals surface area contributed by atoms with E-state index in [2.05, 4.69) is 0 Å². The van der Waals surface area contributed by atoms with Crippen LogP contribution in [-0.2, 0) is 17.1 Å². The molecule has 0 aliphatic rings. The molecule has 23 heavy (non-hydrogen) atoms. The molecule has 0 atom stereocenters. The third-order valence-electron chi connectivity index (χ3n) is 2.34. The summed E-state index contributed by atoms with van der Waals surface area (Å²) in [5, 5.41) is 21.1. The maximum atomic E-state index is 10.3. The third-order valence-corrected chi connectivity index (χ3v) is 3.98. The second-order valence-corrected chi connectivity index (χ2v) is 5.35. The van der Waals surface area contributed by atoms with E-state index in [0.29, 0.717) is 0 Å². The first-order valence-electron chi connectivity index (χ1n) is 5.56. The van der Waals surface area contributed by atoms with Crippen molar-refractivity contribution in [2.75, 3.05) is 0 Å². The summed E-state index contributed by atoms with van der Waals surface area (Å²) in [5.74, 6) is -2.64. The molecular formula is C14H6Cl4CuO4. The Kier molecular flexibility index (Phi) is 9.62. The van der Waals surface area contributed by atoms with Crippen LogP contribution in [0.2, 0.25) is 20.1 Å². The molecule has 0 amide bonds. The van der Waals surface area contributed by atoms with Crippen LogP contribution in [0.1, 0.15) is 20.7 Å². The van der Waals surface area contributed by atoms with Gasteiger partial charge >= 0.3 is 17.1 Å². The number of hydrogen-bond donors (Lipinski definition) is 0. The number of carboxylic acid groups (broad SMARTS) is 2. The summed E-state index contributed by atoms with van der Waals surface area (Å²) in [4.78, 5) is 20.6. The molecule has 9 heteroatoms. The van der Waals surface area contributed by atoms with Crippen molar-refractivity contribution in [2.24, 2.45) is 0 Å². The number of carbonyl (C=O) groups is 2. The van der Waals surface area contributed by atoms with Gasteiger partial charge in [-0.2, -0.15) is 0 Å². The number of halogens is 4. The molecule has 0 saturated heterocycles. The molecule has 0 aliphatic heterocycles. The number of rotatable bonds is 2. The van der Waals surface area contributed by atoms with Crippen molar-refractivity contribution in [3.05, 3.63) is 67.6 Å². The SMILES string of the molecule is O=C([O-])c1cccc(Cl)c1Cl.O=C([O-])c1cccc(Cl)c1Cl.[Cu+2]. The smallest absolute Gasteiger partial charge is 0.545 e. The zero-order chi connectivity index (χ0) is 16.9. The van der Waals surface area contributed by atoms with E-state index in [9.17, 15) is 19.8 Å². The van der Waals surface area contributed by atoms with Crippen molar-refractivity contribution in [1.29, 1.82) is 0 Å².